The lowest BCUT2D eigenvalue weighted by atomic mass is 10.1. The maximum absolute atomic E-state index is 12.2. The average Bonchev–Trinajstić information content (AvgIpc) is 2.56. The Labute approximate surface area is 134 Å². The topological polar surface area (TPSA) is 71.7 Å². The van der Waals surface area contributed by atoms with E-state index in [1.54, 1.807) is 24.3 Å². The summed E-state index contributed by atoms with van der Waals surface area (Å²) in [7, 11) is 0. The van der Waals surface area contributed by atoms with E-state index in [0.717, 1.165) is 13.0 Å². The number of aromatic carboxylic acids is 1. The summed E-state index contributed by atoms with van der Waals surface area (Å²) in [6.07, 6.45) is 7.23. The lowest BCUT2D eigenvalue weighted by molar-refractivity contribution is 0.0692. The van der Waals surface area contributed by atoms with E-state index in [2.05, 4.69) is 11.9 Å². The molecule has 0 aliphatic heterocycles. The number of benzene rings is 1. The van der Waals surface area contributed by atoms with Crippen molar-refractivity contribution in [2.75, 3.05) is 0 Å². The molecule has 1 amide bonds. The molecule has 1 heterocycles. The minimum Gasteiger partial charge on any atom is -0.478 e. The molecule has 1 aromatic carbocycles. The highest BCUT2D eigenvalue weighted by atomic mass is 16.4. The number of aryl methyl sites for hydroxylation is 1. The van der Waals surface area contributed by atoms with Gasteiger partial charge in [-0.3, -0.25) is 4.79 Å². The lowest BCUT2D eigenvalue weighted by Crippen LogP contribution is -2.12. The van der Waals surface area contributed by atoms with Gasteiger partial charge in [0.1, 0.15) is 0 Å². The second-order valence-electron chi connectivity index (χ2n) is 5.27. The van der Waals surface area contributed by atoms with Crippen molar-refractivity contribution >= 4 is 11.9 Å². The second-order valence-corrected chi connectivity index (χ2v) is 5.27. The molecule has 0 saturated heterocycles. The number of unbranched alkanes of at least 4 members (excludes halogenated alkanes) is 2. The molecule has 0 atom stereocenters. The van der Waals surface area contributed by atoms with Gasteiger partial charge in [0.2, 0.25) is 0 Å². The van der Waals surface area contributed by atoms with Crippen molar-refractivity contribution in [3.05, 3.63) is 65.3 Å². The third-order valence-electron chi connectivity index (χ3n) is 3.51. The maximum Gasteiger partial charge on any atom is 0.336 e. The highest BCUT2D eigenvalue weighted by Gasteiger charge is 2.14. The van der Waals surface area contributed by atoms with Crippen LogP contribution in [0.25, 0.3) is 0 Å². The fourth-order valence-corrected chi connectivity index (χ4v) is 2.25. The first-order valence-electron chi connectivity index (χ1n) is 7.69. The SMILES string of the molecule is CCCCCn1ccc(=NC(=O)c2ccccc2C(=O)O)cc1. The van der Waals surface area contributed by atoms with Crippen LogP contribution in [0.15, 0.2) is 53.8 Å². The van der Waals surface area contributed by atoms with E-state index in [1.165, 1.54) is 25.0 Å². The molecule has 0 fully saturated rings. The molecule has 2 rings (SSSR count). The number of hydrogen-bond donors (Lipinski definition) is 1. The van der Waals surface area contributed by atoms with E-state index in [4.69, 9.17) is 5.11 Å². The molecule has 0 unspecified atom stereocenters. The Morgan fingerprint density at radius 2 is 1.70 bits per heavy atom. The number of carboxylic acids is 1. The summed E-state index contributed by atoms with van der Waals surface area (Å²) in [4.78, 5) is 27.3. The monoisotopic (exact) mass is 312 g/mol. The molecule has 1 aromatic heterocycles. The van der Waals surface area contributed by atoms with Crippen LogP contribution in [0, 0.1) is 0 Å². The maximum atomic E-state index is 12.2. The van der Waals surface area contributed by atoms with E-state index in [0.29, 0.717) is 5.36 Å². The van der Waals surface area contributed by atoms with E-state index >= 15 is 0 Å². The molecule has 120 valence electrons. The van der Waals surface area contributed by atoms with Crippen molar-refractivity contribution < 1.29 is 14.7 Å². The highest BCUT2D eigenvalue weighted by molar-refractivity contribution is 6.05. The number of amides is 1. The molecule has 0 radical (unpaired) electrons. The normalized spacial score (nSPS) is 10.3. The Hall–Kier alpha value is -2.69. The van der Waals surface area contributed by atoms with Crippen LogP contribution in [0.5, 0.6) is 0 Å². The van der Waals surface area contributed by atoms with Crippen LogP contribution in [-0.2, 0) is 6.54 Å². The highest BCUT2D eigenvalue weighted by Crippen LogP contribution is 2.09. The summed E-state index contributed by atoms with van der Waals surface area (Å²) in [6.45, 7) is 3.09. The van der Waals surface area contributed by atoms with Gasteiger partial charge >= 0.3 is 5.97 Å². The summed E-state index contributed by atoms with van der Waals surface area (Å²) < 4.78 is 2.05. The molecule has 5 nitrogen and oxygen atoms in total. The molecule has 0 bridgehead atoms. The van der Waals surface area contributed by atoms with Gasteiger partial charge < -0.3 is 9.67 Å². The smallest absolute Gasteiger partial charge is 0.336 e. The van der Waals surface area contributed by atoms with Gasteiger partial charge in [0.05, 0.1) is 16.5 Å². The zero-order valence-electron chi connectivity index (χ0n) is 13.1. The van der Waals surface area contributed by atoms with Gasteiger partial charge in [0.25, 0.3) is 5.91 Å². The van der Waals surface area contributed by atoms with E-state index < -0.39 is 11.9 Å². The summed E-state index contributed by atoms with van der Waals surface area (Å²) in [5.41, 5.74) is 0.0616. The summed E-state index contributed by atoms with van der Waals surface area (Å²) in [5.74, 6) is -1.68. The van der Waals surface area contributed by atoms with Gasteiger partial charge in [-0.2, -0.15) is 0 Å². The minimum absolute atomic E-state index is 0.0354. The van der Waals surface area contributed by atoms with Gasteiger partial charge in [0, 0.05) is 18.9 Å². The number of nitrogens with zero attached hydrogens (tertiary/aromatic N) is 2. The molecule has 2 aromatic rings. The lowest BCUT2D eigenvalue weighted by Gasteiger charge is -2.05. The standard InChI is InChI=1S/C18H20N2O3/c1-2-3-6-11-20-12-9-14(10-13-20)19-17(21)15-7-4-5-8-16(15)18(22)23/h4-5,7-10,12-13H,2-3,6,11H2,1H3,(H,22,23). The van der Waals surface area contributed by atoms with Gasteiger partial charge in [0.15, 0.2) is 0 Å². The number of carbonyl (C=O) groups is 2. The molecular weight excluding hydrogens is 292 g/mol. The number of carbonyl (C=O) groups excluding carboxylic acids is 1. The molecule has 0 saturated carbocycles. The Balaban J connectivity index is 2.18. The summed E-state index contributed by atoms with van der Waals surface area (Å²) in [6, 6.07) is 9.60. The number of aromatic nitrogens is 1. The predicted octanol–water partition coefficient (Wildman–Crippen LogP) is 3.12. The predicted molar refractivity (Wildman–Crippen MR) is 87.3 cm³/mol. The zero-order chi connectivity index (χ0) is 16.7. The average molecular weight is 312 g/mol. The van der Waals surface area contributed by atoms with Crippen LogP contribution >= 0.6 is 0 Å². The number of pyridine rings is 1. The number of hydrogen-bond acceptors (Lipinski definition) is 2. The van der Waals surface area contributed by atoms with E-state index in [9.17, 15) is 9.59 Å². The molecular formula is C18H20N2O3. The number of carboxylic acid groups (broad SMARTS) is 1. The fraction of sp³-hybridized carbons (Fsp3) is 0.278. The Morgan fingerprint density at radius 3 is 2.30 bits per heavy atom. The second kappa shape index (κ2) is 8.08. The van der Waals surface area contributed by atoms with Crippen LogP contribution in [0.2, 0.25) is 0 Å². The molecule has 0 aliphatic carbocycles. The van der Waals surface area contributed by atoms with Crippen molar-refractivity contribution in [1.29, 1.82) is 0 Å². The van der Waals surface area contributed by atoms with Crippen molar-refractivity contribution in [2.24, 2.45) is 4.99 Å². The first-order chi connectivity index (χ1) is 11.1. The van der Waals surface area contributed by atoms with Gasteiger partial charge in [-0.25, -0.2) is 9.79 Å². The van der Waals surface area contributed by atoms with Gasteiger partial charge in [-0.15, -0.1) is 0 Å². The molecule has 0 aliphatic rings. The zero-order valence-corrected chi connectivity index (χ0v) is 13.1. The van der Waals surface area contributed by atoms with Crippen molar-refractivity contribution in [3.63, 3.8) is 0 Å². The quantitative estimate of drug-likeness (QED) is 0.833. The Bertz CT molecular complexity index is 742. The molecule has 5 heteroatoms. The Morgan fingerprint density at radius 1 is 1.04 bits per heavy atom. The van der Waals surface area contributed by atoms with Gasteiger partial charge in [-0.05, 0) is 30.7 Å². The summed E-state index contributed by atoms with van der Waals surface area (Å²) >= 11 is 0. The minimum atomic E-state index is -1.13. The largest absolute Gasteiger partial charge is 0.478 e. The Kier molecular flexibility index (Phi) is 5.86. The molecule has 23 heavy (non-hydrogen) atoms. The van der Waals surface area contributed by atoms with Crippen LogP contribution in [0.3, 0.4) is 0 Å². The molecule has 0 spiro atoms. The fourth-order valence-electron chi connectivity index (χ4n) is 2.25. The molecule has 1 N–H and O–H groups in total. The van der Waals surface area contributed by atoms with Gasteiger partial charge in [-0.1, -0.05) is 31.9 Å². The van der Waals surface area contributed by atoms with Crippen molar-refractivity contribution in [1.82, 2.24) is 4.57 Å². The third kappa shape index (κ3) is 4.64. The van der Waals surface area contributed by atoms with E-state index in [1.807, 2.05) is 17.0 Å². The first-order valence-corrected chi connectivity index (χ1v) is 7.69. The summed E-state index contributed by atoms with van der Waals surface area (Å²) in [5, 5.41) is 9.64. The van der Waals surface area contributed by atoms with E-state index in [-0.39, 0.29) is 11.1 Å². The first kappa shape index (κ1) is 16.7. The van der Waals surface area contributed by atoms with Crippen molar-refractivity contribution in [3.8, 4) is 0 Å². The number of rotatable bonds is 6. The van der Waals surface area contributed by atoms with Crippen LogP contribution in [0.1, 0.15) is 46.9 Å². The van der Waals surface area contributed by atoms with Crippen LogP contribution < -0.4 is 5.36 Å². The van der Waals surface area contributed by atoms with Crippen LogP contribution in [0.4, 0.5) is 0 Å². The van der Waals surface area contributed by atoms with Crippen molar-refractivity contribution in [2.45, 2.75) is 32.7 Å². The van der Waals surface area contributed by atoms with Crippen LogP contribution in [-0.4, -0.2) is 21.6 Å². The third-order valence-corrected chi connectivity index (χ3v) is 3.51.